The molecule has 0 amide bonds. The molecule has 0 fully saturated rings. The molecule has 2 rings (SSSR count). The minimum Gasteiger partial charge on any atom is -0.454 e. The van der Waals surface area contributed by atoms with E-state index < -0.39 is 0 Å². The second-order valence-corrected chi connectivity index (χ2v) is 4.25. The van der Waals surface area contributed by atoms with Crippen molar-refractivity contribution in [3.63, 3.8) is 0 Å². The molecule has 0 aliphatic carbocycles. The Morgan fingerprint density at radius 3 is 2.53 bits per heavy atom. The number of ether oxygens (including phenoxy) is 1. The summed E-state index contributed by atoms with van der Waals surface area (Å²) in [5.74, 6) is 1.22. The van der Waals surface area contributed by atoms with E-state index in [-0.39, 0.29) is 0 Å². The van der Waals surface area contributed by atoms with Crippen LogP contribution in [0.3, 0.4) is 0 Å². The number of nitrogen functional groups attached to an aromatic ring is 1. The molecule has 0 spiro atoms. The molecule has 0 atom stereocenters. The third-order valence-electron chi connectivity index (χ3n) is 2.20. The first kappa shape index (κ1) is 11.5. The summed E-state index contributed by atoms with van der Waals surface area (Å²) in [4.78, 5) is 0. The molecule has 2 aromatic rings. The number of anilines is 1. The summed E-state index contributed by atoms with van der Waals surface area (Å²) in [6.07, 6.45) is 0. The van der Waals surface area contributed by atoms with E-state index in [1.54, 1.807) is 18.2 Å². The van der Waals surface area contributed by atoms with Crippen molar-refractivity contribution >= 4 is 21.6 Å². The summed E-state index contributed by atoms with van der Waals surface area (Å²) < 4.78 is 6.51. The van der Waals surface area contributed by atoms with Crippen LogP contribution >= 0.6 is 15.9 Å². The van der Waals surface area contributed by atoms with Crippen LogP contribution in [-0.2, 0) is 0 Å². The lowest BCUT2D eigenvalue weighted by Gasteiger charge is -2.09. The highest BCUT2D eigenvalue weighted by Crippen LogP contribution is 2.32. The largest absolute Gasteiger partial charge is 0.454 e. The van der Waals surface area contributed by atoms with Crippen molar-refractivity contribution < 1.29 is 4.74 Å². The first-order valence-electron chi connectivity index (χ1n) is 4.92. The molecule has 2 N–H and O–H groups in total. The topological polar surface area (TPSA) is 59.0 Å². The first-order chi connectivity index (χ1) is 8.20. The van der Waals surface area contributed by atoms with Crippen LogP contribution in [0.25, 0.3) is 0 Å². The monoisotopic (exact) mass is 288 g/mol. The second-order valence-electron chi connectivity index (χ2n) is 3.40. The summed E-state index contributed by atoms with van der Waals surface area (Å²) in [6, 6.07) is 14.5. The van der Waals surface area contributed by atoms with Gasteiger partial charge in [0.05, 0.1) is 21.8 Å². The summed E-state index contributed by atoms with van der Waals surface area (Å²) in [6.45, 7) is 0. The van der Waals surface area contributed by atoms with Gasteiger partial charge in [0, 0.05) is 0 Å². The van der Waals surface area contributed by atoms with Crippen LogP contribution in [0.15, 0.2) is 46.9 Å². The number of nitrogens with two attached hydrogens (primary N) is 1. The molecule has 0 saturated heterocycles. The Labute approximate surface area is 108 Å². The Kier molecular flexibility index (Phi) is 3.31. The standard InChI is InChI=1S/C13H9BrN2O/c14-10-3-1-2-4-12(10)17-13-6-5-9(8-15)7-11(13)16/h1-7H,16H2. The van der Waals surface area contributed by atoms with Crippen molar-refractivity contribution in [2.24, 2.45) is 0 Å². The van der Waals surface area contributed by atoms with Crippen LogP contribution in [0.4, 0.5) is 5.69 Å². The average molecular weight is 289 g/mol. The Bertz CT molecular complexity index is 590. The van der Waals surface area contributed by atoms with Gasteiger partial charge in [-0.15, -0.1) is 0 Å². The molecule has 0 radical (unpaired) electrons. The summed E-state index contributed by atoms with van der Waals surface area (Å²) in [5, 5.41) is 8.73. The zero-order chi connectivity index (χ0) is 12.3. The van der Waals surface area contributed by atoms with Gasteiger partial charge in [0.1, 0.15) is 11.5 Å². The molecule has 0 aromatic heterocycles. The second kappa shape index (κ2) is 4.89. The van der Waals surface area contributed by atoms with Gasteiger partial charge < -0.3 is 10.5 Å². The predicted molar refractivity (Wildman–Crippen MR) is 69.8 cm³/mol. The predicted octanol–water partition coefficient (Wildman–Crippen LogP) is 3.70. The van der Waals surface area contributed by atoms with Crippen LogP contribution in [0, 0.1) is 11.3 Å². The van der Waals surface area contributed by atoms with Gasteiger partial charge in [0.25, 0.3) is 0 Å². The van der Waals surface area contributed by atoms with Crippen LogP contribution in [0.5, 0.6) is 11.5 Å². The molecule has 2 aromatic carbocycles. The Balaban J connectivity index is 2.32. The molecule has 0 unspecified atom stereocenters. The third-order valence-corrected chi connectivity index (χ3v) is 2.85. The van der Waals surface area contributed by atoms with E-state index in [0.29, 0.717) is 22.7 Å². The van der Waals surface area contributed by atoms with Gasteiger partial charge in [0.15, 0.2) is 0 Å². The molecule has 0 aliphatic heterocycles. The fourth-order valence-electron chi connectivity index (χ4n) is 1.36. The molecule has 84 valence electrons. The lowest BCUT2D eigenvalue weighted by molar-refractivity contribution is 0.482. The van der Waals surface area contributed by atoms with Crippen molar-refractivity contribution in [1.82, 2.24) is 0 Å². The van der Waals surface area contributed by atoms with Crippen LogP contribution in [0.1, 0.15) is 5.56 Å². The zero-order valence-corrected chi connectivity index (χ0v) is 10.4. The van der Waals surface area contributed by atoms with E-state index in [9.17, 15) is 0 Å². The molecule has 0 heterocycles. The lowest BCUT2D eigenvalue weighted by atomic mass is 10.2. The zero-order valence-electron chi connectivity index (χ0n) is 8.85. The highest BCUT2D eigenvalue weighted by molar-refractivity contribution is 9.10. The first-order valence-corrected chi connectivity index (χ1v) is 5.72. The number of hydrogen-bond donors (Lipinski definition) is 1. The minimum atomic E-state index is 0.444. The number of nitrogens with zero attached hydrogens (tertiary/aromatic N) is 1. The van der Waals surface area contributed by atoms with Gasteiger partial charge >= 0.3 is 0 Å². The highest BCUT2D eigenvalue weighted by atomic mass is 79.9. The molecular weight excluding hydrogens is 280 g/mol. The van der Waals surface area contributed by atoms with Crippen molar-refractivity contribution in [2.75, 3.05) is 5.73 Å². The number of rotatable bonds is 2. The summed E-state index contributed by atoms with van der Waals surface area (Å²) in [7, 11) is 0. The fraction of sp³-hybridized carbons (Fsp3) is 0. The van der Waals surface area contributed by atoms with Gasteiger partial charge in [-0.05, 0) is 46.3 Å². The van der Waals surface area contributed by atoms with E-state index in [2.05, 4.69) is 15.9 Å². The number of hydrogen-bond acceptors (Lipinski definition) is 3. The maximum absolute atomic E-state index is 8.73. The van der Waals surface area contributed by atoms with E-state index in [1.165, 1.54) is 0 Å². The van der Waals surface area contributed by atoms with Gasteiger partial charge in [-0.25, -0.2) is 0 Å². The number of nitriles is 1. The van der Waals surface area contributed by atoms with E-state index in [0.717, 1.165) is 4.47 Å². The van der Waals surface area contributed by atoms with Gasteiger partial charge in [-0.2, -0.15) is 5.26 Å². The van der Waals surface area contributed by atoms with Crippen molar-refractivity contribution in [2.45, 2.75) is 0 Å². The average Bonchev–Trinajstić information content (AvgIpc) is 2.34. The Morgan fingerprint density at radius 1 is 1.12 bits per heavy atom. The summed E-state index contributed by atoms with van der Waals surface area (Å²) >= 11 is 3.39. The van der Waals surface area contributed by atoms with Crippen molar-refractivity contribution in [3.05, 3.63) is 52.5 Å². The van der Waals surface area contributed by atoms with E-state index >= 15 is 0 Å². The molecule has 4 heteroatoms. The molecule has 0 aliphatic rings. The normalized spacial score (nSPS) is 9.65. The van der Waals surface area contributed by atoms with Gasteiger partial charge in [-0.3, -0.25) is 0 Å². The van der Waals surface area contributed by atoms with Gasteiger partial charge in [-0.1, -0.05) is 12.1 Å². The lowest BCUT2D eigenvalue weighted by Crippen LogP contribution is -1.93. The van der Waals surface area contributed by atoms with Crippen molar-refractivity contribution in [1.29, 1.82) is 5.26 Å². The maximum Gasteiger partial charge on any atom is 0.150 e. The number of halogens is 1. The van der Waals surface area contributed by atoms with Crippen molar-refractivity contribution in [3.8, 4) is 17.6 Å². The number of benzene rings is 2. The smallest absolute Gasteiger partial charge is 0.150 e. The fourth-order valence-corrected chi connectivity index (χ4v) is 1.72. The Hall–Kier alpha value is -1.99. The molecular formula is C13H9BrN2O. The van der Waals surface area contributed by atoms with E-state index in [4.69, 9.17) is 15.7 Å². The third kappa shape index (κ3) is 2.58. The van der Waals surface area contributed by atoms with Crippen LogP contribution in [0.2, 0.25) is 0 Å². The number of para-hydroxylation sites is 1. The molecule has 0 saturated carbocycles. The van der Waals surface area contributed by atoms with Gasteiger partial charge in [0.2, 0.25) is 0 Å². The maximum atomic E-state index is 8.73. The Morgan fingerprint density at radius 2 is 1.88 bits per heavy atom. The minimum absolute atomic E-state index is 0.444. The summed E-state index contributed by atoms with van der Waals surface area (Å²) in [5.41, 5.74) is 6.76. The quantitative estimate of drug-likeness (QED) is 0.858. The van der Waals surface area contributed by atoms with Crippen LogP contribution in [-0.4, -0.2) is 0 Å². The van der Waals surface area contributed by atoms with Crippen LogP contribution < -0.4 is 10.5 Å². The molecule has 17 heavy (non-hydrogen) atoms. The van der Waals surface area contributed by atoms with E-state index in [1.807, 2.05) is 30.3 Å². The highest BCUT2D eigenvalue weighted by Gasteiger charge is 2.05. The molecule has 3 nitrogen and oxygen atoms in total. The molecule has 0 bridgehead atoms. The SMILES string of the molecule is N#Cc1ccc(Oc2ccccc2Br)c(N)c1.